The highest BCUT2D eigenvalue weighted by molar-refractivity contribution is 5.69. The van der Waals surface area contributed by atoms with Gasteiger partial charge in [0, 0.05) is 5.92 Å². The molecule has 0 radical (unpaired) electrons. The summed E-state index contributed by atoms with van der Waals surface area (Å²) in [6.07, 6.45) is 2.08. The van der Waals surface area contributed by atoms with Crippen LogP contribution in [0.3, 0.4) is 0 Å². The number of nitrogens with zero attached hydrogens (tertiary/aromatic N) is 1. The van der Waals surface area contributed by atoms with E-state index in [0.717, 1.165) is 0 Å². The highest BCUT2D eigenvalue weighted by Gasteiger charge is 2.05. The minimum atomic E-state index is 0.244. The average Bonchev–Trinajstić information content (AvgIpc) is 2.34. The van der Waals surface area contributed by atoms with E-state index >= 15 is 0 Å². The maximum atomic E-state index is 10.1. The van der Waals surface area contributed by atoms with Gasteiger partial charge in [-0.05, 0) is 0 Å². The van der Waals surface area contributed by atoms with Crippen molar-refractivity contribution in [3.8, 4) is 0 Å². The van der Waals surface area contributed by atoms with E-state index in [0.29, 0.717) is 17.9 Å². The molecule has 0 N–H and O–H groups in total. The van der Waals surface area contributed by atoms with Gasteiger partial charge < -0.3 is 4.42 Å². The Morgan fingerprint density at radius 2 is 2.40 bits per heavy atom. The molecule has 1 aromatic rings. The van der Waals surface area contributed by atoms with Gasteiger partial charge in [-0.25, -0.2) is 4.98 Å². The predicted molar refractivity (Wildman–Crippen MR) is 36.0 cm³/mol. The molecule has 1 aromatic heterocycles. The lowest BCUT2D eigenvalue weighted by Crippen LogP contribution is -1.84. The van der Waals surface area contributed by atoms with Gasteiger partial charge in [0.25, 0.3) is 0 Å². The van der Waals surface area contributed by atoms with Gasteiger partial charge in [-0.3, -0.25) is 4.79 Å². The first-order valence-corrected chi connectivity index (χ1v) is 3.15. The number of aromatic nitrogens is 1. The van der Waals surface area contributed by atoms with Crippen LogP contribution in [0.5, 0.6) is 0 Å². The van der Waals surface area contributed by atoms with Gasteiger partial charge >= 0.3 is 0 Å². The van der Waals surface area contributed by atoms with Crippen LogP contribution in [0.15, 0.2) is 10.6 Å². The summed E-state index contributed by atoms with van der Waals surface area (Å²) in [6, 6.07) is 0. The number of oxazole rings is 1. The zero-order chi connectivity index (χ0) is 7.56. The molecule has 0 amide bonds. The van der Waals surface area contributed by atoms with Gasteiger partial charge in [-0.2, -0.15) is 0 Å². The van der Waals surface area contributed by atoms with E-state index in [2.05, 4.69) is 4.98 Å². The second kappa shape index (κ2) is 2.64. The molecule has 0 saturated heterocycles. The molecular weight excluding hydrogens is 130 g/mol. The molecular formula is C7H9NO2. The van der Waals surface area contributed by atoms with E-state index in [9.17, 15) is 4.79 Å². The van der Waals surface area contributed by atoms with E-state index in [1.807, 2.05) is 13.8 Å². The molecule has 0 unspecified atom stereocenters. The van der Waals surface area contributed by atoms with Crippen LogP contribution in [-0.4, -0.2) is 11.3 Å². The van der Waals surface area contributed by atoms with Crippen molar-refractivity contribution in [2.45, 2.75) is 19.8 Å². The molecule has 0 aliphatic rings. The molecule has 0 aliphatic heterocycles. The molecule has 1 rings (SSSR count). The molecule has 0 aromatic carbocycles. The highest BCUT2D eigenvalue weighted by atomic mass is 16.4. The van der Waals surface area contributed by atoms with Crippen molar-refractivity contribution >= 4 is 6.29 Å². The maximum Gasteiger partial charge on any atom is 0.197 e. The largest absolute Gasteiger partial charge is 0.438 e. The van der Waals surface area contributed by atoms with Gasteiger partial charge in [0.05, 0.1) is 6.20 Å². The molecule has 0 aliphatic carbocycles. The van der Waals surface area contributed by atoms with Gasteiger partial charge in [0.1, 0.15) is 0 Å². The van der Waals surface area contributed by atoms with E-state index in [4.69, 9.17) is 4.42 Å². The second-order valence-corrected chi connectivity index (χ2v) is 2.37. The Hall–Kier alpha value is -1.12. The lowest BCUT2D eigenvalue weighted by Gasteiger charge is -1.93. The van der Waals surface area contributed by atoms with Crippen LogP contribution in [0.1, 0.15) is 36.2 Å². The minimum absolute atomic E-state index is 0.244. The standard InChI is InChI=1S/C7H9NO2/c1-5(2)7-8-3-6(4-9)10-7/h3-5H,1-2H3. The molecule has 3 heteroatoms. The molecule has 1 heterocycles. The first-order chi connectivity index (χ1) is 4.74. The Bertz CT molecular complexity index is 227. The maximum absolute atomic E-state index is 10.1. The van der Waals surface area contributed by atoms with Crippen molar-refractivity contribution in [1.29, 1.82) is 0 Å². The third-order valence-electron chi connectivity index (χ3n) is 1.15. The SMILES string of the molecule is CC(C)c1ncc(C=O)o1. The van der Waals surface area contributed by atoms with E-state index < -0.39 is 0 Å². The number of aldehydes is 1. The van der Waals surface area contributed by atoms with Crippen LogP contribution in [0.25, 0.3) is 0 Å². The quantitative estimate of drug-likeness (QED) is 0.584. The van der Waals surface area contributed by atoms with Gasteiger partial charge in [-0.15, -0.1) is 0 Å². The Kier molecular flexibility index (Phi) is 1.85. The van der Waals surface area contributed by atoms with Crippen LogP contribution in [-0.2, 0) is 0 Å². The van der Waals surface area contributed by atoms with Crippen molar-refractivity contribution in [3.63, 3.8) is 0 Å². The van der Waals surface area contributed by atoms with Crippen molar-refractivity contribution in [2.24, 2.45) is 0 Å². The molecule has 0 bridgehead atoms. The summed E-state index contributed by atoms with van der Waals surface area (Å²) in [7, 11) is 0. The summed E-state index contributed by atoms with van der Waals surface area (Å²) in [5, 5.41) is 0. The number of carbonyl (C=O) groups is 1. The molecule has 3 nitrogen and oxygen atoms in total. The van der Waals surface area contributed by atoms with Crippen molar-refractivity contribution < 1.29 is 9.21 Å². The zero-order valence-corrected chi connectivity index (χ0v) is 6.00. The van der Waals surface area contributed by atoms with Crippen molar-refractivity contribution in [3.05, 3.63) is 17.8 Å². The summed E-state index contributed by atoms with van der Waals surface area (Å²) < 4.78 is 5.02. The number of rotatable bonds is 2. The van der Waals surface area contributed by atoms with Crippen molar-refractivity contribution in [2.75, 3.05) is 0 Å². The van der Waals surface area contributed by atoms with Crippen LogP contribution >= 0.6 is 0 Å². The predicted octanol–water partition coefficient (Wildman–Crippen LogP) is 1.61. The first kappa shape index (κ1) is 6.99. The molecule has 0 saturated carbocycles. The summed E-state index contributed by atoms with van der Waals surface area (Å²) in [6.45, 7) is 3.92. The Labute approximate surface area is 59.1 Å². The molecule has 54 valence electrons. The lowest BCUT2D eigenvalue weighted by atomic mass is 10.2. The fourth-order valence-electron chi connectivity index (χ4n) is 0.622. The topological polar surface area (TPSA) is 43.1 Å². The first-order valence-electron chi connectivity index (χ1n) is 3.15. The van der Waals surface area contributed by atoms with E-state index in [-0.39, 0.29) is 5.92 Å². The summed E-state index contributed by atoms with van der Waals surface area (Å²) in [5.41, 5.74) is 0. The number of hydrogen-bond acceptors (Lipinski definition) is 3. The lowest BCUT2D eigenvalue weighted by molar-refractivity contribution is 0.109. The summed E-state index contributed by atoms with van der Waals surface area (Å²) in [5.74, 6) is 1.15. The van der Waals surface area contributed by atoms with E-state index in [1.54, 1.807) is 0 Å². The second-order valence-electron chi connectivity index (χ2n) is 2.37. The number of carbonyl (C=O) groups excluding carboxylic acids is 1. The third kappa shape index (κ3) is 1.23. The third-order valence-corrected chi connectivity index (χ3v) is 1.15. The van der Waals surface area contributed by atoms with Gasteiger partial charge in [-0.1, -0.05) is 13.8 Å². The Morgan fingerprint density at radius 1 is 1.70 bits per heavy atom. The minimum Gasteiger partial charge on any atom is -0.438 e. The zero-order valence-electron chi connectivity index (χ0n) is 6.00. The molecule has 0 spiro atoms. The highest BCUT2D eigenvalue weighted by Crippen LogP contribution is 2.12. The Balaban J connectivity index is 2.88. The summed E-state index contributed by atoms with van der Waals surface area (Å²) >= 11 is 0. The van der Waals surface area contributed by atoms with E-state index in [1.165, 1.54) is 6.20 Å². The van der Waals surface area contributed by atoms with Crippen molar-refractivity contribution in [1.82, 2.24) is 4.98 Å². The fourth-order valence-corrected chi connectivity index (χ4v) is 0.622. The average molecular weight is 139 g/mol. The van der Waals surface area contributed by atoms with Crippen LogP contribution in [0.4, 0.5) is 0 Å². The molecule has 10 heavy (non-hydrogen) atoms. The summed E-state index contributed by atoms with van der Waals surface area (Å²) in [4.78, 5) is 14.0. The van der Waals surface area contributed by atoms with Crippen LogP contribution in [0, 0.1) is 0 Å². The van der Waals surface area contributed by atoms with Gasteiger partial charge in [0.2, 0.25) is 0 Å². The molecule has 0 fully saturated rings. The van der Waals surface area contributed by atoms with Crippen LogP contribution < -0.4 is 0 Å². The fraction of sp³-hybridized carbons (Fsp3) is 0.429. The Morgan fingerprint density at radius 3 is 2.70 bits per heavy atom. The monoisotopic (exact) mass is 139 g/mol. The smallest absolute Gasteiger partial charge is 0.197 e. The normalized spacial score (nSPS) is 10.3. The molecule has 0 atom stereocenters. The number of hydrogen-bond donors (Lipinski definition) is 0. The van der Waals surface area contributed by atoms with Gasteiger partial charge in [0.15, 0.2) is 17.9 Å². The van der Waals surface area contributed by atoms with Crippen LogP contribution in [0.2, 0.25) is 0 Å².